The average Bonchev–Trinajstić information content (AvgIpc) is 2.97. The van der Waals surface area contributed by atoms with Gasteiger partial charge in [0, 0.05) is 38.6 Å². The molecule has 5 nitrogen and oxygen atoms in total. The van der Waals surface area contributed by atoms with Gasteiger partial charge >= 0.3 is 0 Å². The molecule has 4 rings (SSSR count). The highest BCUT2D eigenvalue weighted by molar-refractivity contribution is 9.11. The molecule has 0 spiro atoms. The van der Waals surface area contributed by atoms with Crippen LogP contribution in [0.2, 0.25) is 0 Å². The molecule has 3 heterocycles. The molecule has 0 aliphatic carbocycles. The quantitative estimate of drug-likeness (QED) is 0.333. The summed E-state index contributed by atoms with van der Waals surface area (Å²) in [5.41, 5.74) is 3.09. The molecule has 0 unspecified atom stereocenters. The summed E-state index contributed by atoms with van der Waals surface area (Å²) >= 11 is 11.0. The summed E-state index contributed by atoms with van der Waals surface area (Å²) < 4.78 is 5.10. The summed E-state index contributed by atoms with van der Waals surface area (Å²) in [6.45, 7) is 13.7. The topological polar surface area (TPSA) is 38.3 Å². The van der Waals surface area contributed by atoms with Crippen molar-refractivity contribution in [1.82, 2.24) is 14.5 Å². The van der Waals surface area contributed by atoms with E-state index in [1.807, 2.05) is 19.1 Å². The van der Waals surface area contributed by atoms with Crippen molar-refractivity contribution in [2.45, 2.75) is 26.7 Å². The van der Waals surface area contributed by atoms with E-state index in [0.29, 0.717) is 12.5 Å². The Morgan fingerprint density at radius 1 is 1.10 bits per heavy atom. The molecule has 0 bridgehead atoms. The van der Waals surface area contributed by atoms with Gasteiger partial charge in [-0.3, -0.25) is 4.57 Å². The summed E-state index contributed by atoms with van der Waals surface area (Å²) in [5.74, 6) is 2.27. The lowest BCUT2D eigenvalue weighted by molar-refractivity contribution is 0.429. The fourth-order valence-electron chi connectivity index (χ4n) is 4.01. The van der Waals surface area contributed by atoms with Crippen molar-refractivity contribution in [2.24, 2.45) is 5.92 Å². The van der Waals surface area contributed by atoms with Gasteiger partial charge in [0.2, 0.25) is 6.54 Å². The lowest BCUT2D eigenvalue weighted by Gasteiger charge is -2.31. The first kappa shape index (κ1) is 20.8. The van der Waals surface area contributed by atoms with Crippen LogP contribution in [0.5, 0.6) is 0 Å². The number of anilines is 1. The van der Waals surface area contributed by atoms with E-state index in [-0.39, 0.29) is 0 Å². The zero-order valence-corrected chi connectivity index (χ0v) is 21.0. The van der Waals surface area contributed by atoms with Crippen LogP contribution in [0.15, 0.2) is 31.7 Å². The number of aryl methyl sites for hydroxylation is 2. The maximum atomic E-state index is 7.13. The Morgan fingerprint density at radius 3 is 2.38 bits per heavy atom. The van der Waals surface area contributed by atoms with E-state index in [0.717, 1.165) is 73.3 Å². The summed E-state index contributed by atoms with van der Waals surface area (Å²) in [7, 11) is 0. The first-order valence-corrected chi connectivity index (χ1v) is 11.9. The molecule has 8 heteroatoms. The number of hydrogen-bond donors (Lipinski definition) is 0. The van der Waals surface area contributed by atoms with Crippen LogP contribution in [0.1, 0.15) is 24.2 Å². The molecule has 1 aliphatic heterocycles. The van der Waals surface area contributed by atoms with Gasteiger partial charge in [-0.05, 0) is 76.2 Å². The second-order valence-electron chi connectivity index (χ2n) is 7.46. The molecule has 0 amide bonds. The van der Waals surface area contributed by atoms with Gasteiger partial charge in [-0.25, -0.2) is 16.5 Å². The molecule has 0 atom stereocenters. The number of halogens is 3. The molecule has 3 aromatic rings. The second-order valence-corrected chi connectivity index (χ2v) is 10.1. The Bertz CT molecular complexity index is 1100. The third-order valence-electron chi connectivity index (χ3n) is 5.41. The molecule has 0 radical (unpaired) electrons. The first-order chi connectivity index (χ1) is 13.9. The van der Waals surface area contributed by atoms with Crippen LogP contribution in [0.25, 0.3) is 21.6 Å². The number of nitrogens with zero attached hydrogens (tertiary/aromatic N) is 5. The van der Waals surface area contributed by atoms with Crippen LogP contribution in [-0.2, 0) is 0 Å². The molecule has 1 aromatic carbocycles. The molecule has 29 heavy (non-hydrogen) atoms. The highest BCUT2D eigenvalue weighted by Gasteiger charge is 2.26. The Balaban J connectivity index is 1.83. The maximum absolute atomic E-state index is 7.13. The summed E-state index contributed by atoms with van der Waals surface area (Å²) in [6.07, 6.45) is 4.21. The van der Waals surface area contributed by atoms with E-state index in [1.165, 1.54) is 0 Å². The SMILES string of the molecule is [C-]#[N+]CC1CCN(c2nc(C)nc3c2c(C)cn3-c2c(Br)cc(Br)cc2Br)CC1. The largest absolute Gasteiger partial charge is 0.356 e. The van der Waals surface area contributed by atoms with Crippen molar-refractivity contribution in [3.8, 4) is 5.69 Å². The fraction of sp³-hybridized carbons (Fsp3) is 0.381. The lowest BCUT2D eigenvalue weighted by atomic mass is 9.97. The van der Waals surface area contributed by atoms with Crippen LogP contribution in [0.3, 0.4) is 0 Å². The van der Waals surface area contributed by atoms with E-state index >= 15 is 0 Å². The number of aromatic nitrogens is 3. The van der Waals surface area contributed by atoms with Crippen LogP contribution in [0, 0.1) is 26.3 Å². The van der Waals surface area contributed by atoms with Crippen LogP contribution in [0.4, 0.5) is 5.82 Å². The number of fused-ring (bicyclic) bond motifs is 1. The Morgan fingerprint density at radius 2 is 1.76 bits per heavy atom. The number of rotatable bonds is 3. The smallest absolute Gasteiger partial charge is 0.217 e. The lowest BCUT2D eigenvalue weighted by Crippen LogP contribution is -2.35. The summed E-state index contributed by atoms with van der Waals surface area (Å²) in [6, 6.07) is 4.08. The molecular formula is C21H20Br3N5. The maximum Gasteiger partial charge on any atom is 0.217 e. The third kappa shape index (κ3) is 3.97. The molecule has 150 valence electrons. The van der Waals surface area contributed by atoms with Crippen molar-refractivity contribution in [2.75, 3.05) is 24.5 Å². The highest BCUT2D eigenvalue weighted by Crippen LogP contribution is 2.38. The Hall–Kier alpha value is -1.43. The van der Waals surface area contributed by atoms with E-state index in [2.05, 4.69) is 75.2 Å². The number of hydrogen-bond acceptors (Lipinski definition) is 3. The average molecular weight is 582 g/mol. The van der Waals surface area contributed by atoms with Gasteiger partial charge in [0.05, 0.1) is 11.1 Å². The van der Waals surface area contributed by atoms with Crippen molar-refractivity contribution in [3.63, 3.8) is 0 Å². The van der Waals surface area contributed by atoms with Crippen molar-refractivity contribution in [1.29, 1.82) is 0 Å². The zero-order valence-electron chi connectivity index (χ0n) is 16.2. The molecule has 0 N–H and O–H groups in total. The highest BCUT2D eigenvalue weighted by atomic mass is 79.9. The fourth-order valence-corrected chi connectivity index (χ4v) is 6.65. The second kappa shape index (κ2) is 8.37. The minimum Gasteiger partial charge on any atom is -0.356 e. The van der Waals surface area contributed by atoms with Gasteiger partial charge in [0.15, 0.2) is 5.65 Å². The monoisotopic (exact) mass is 579 g/mol. The Kier molecular flexibility index (Phi) is 6.01. The predicted octanol–water partition coefficient (Wildman–Crippen LogP) is 6.46. The van der Waals surface area contributed by atoms with Gasteiger partial charge in [-0.15, -0.1) is 0 Å². The summed E-state index contributed by atoms with van der Waals surface area (Å²) in [4.78, 5) is 15.6. The zero-order chi connectivity index (χ0) is 20.7. The van der Waals surface area contributed by atoms with Crippen LogP contribution in [-0.4, -0.2) is 34.2 Å². The third-order valence-corrected chi connectivity index (χ3v) is 7.08. The van der Waals surface area contributed by atoms with Gasteiger partial charge < -0.3 is 9.74 Å². The van der Waals surface area contributed by atoms with Crippen molar-refractivity contribution >= 4 is 64.6 Å². The molecular weight excluding hydrogens is 562 g/mol. The molecule has 0 saturated carbocycles. The predicted molar refractivity (Wildman–Crippen MR) is 128 cm³/mol. The molecule has 1 saturated heterocycles. The number of piperidine rings is 1. The summed E-state index contributed by atoms with van der Waals surface area (Å²) in [5, 5.41) is 1.10. The molecule has 2 aromatic heterocycles. The molecule has 1 aliphatic rings. The van der Waals surface area contributed by atoms with Gasteiger partial charge in [0.25, 0.3) is 0 Å². The van der Waals surface area contributed by atoms with Crippen molar-refractivity contribution < 1.29 is 0 Å². The van der Waals surface area contributed by atoms with Crippen molar-refractivity contribution in [3.05, 3.63) is 54.6 Å². The Labute approximate surface area is 195 Å². The van der Waals surface area contributed by atoms with E-state index in [9.17, 15) is 0 Å². The van der Waals surface area contributed by atoms with Gasteiger partial charge in [-0.1, -0.05) is 15.9 Å². The van der Waals surface area contributed by atoms with Crippen LogP contribution >= 0.6 is 47.8 Å². The van der Waals surface area contributed by atoms with E-state index < -0.39 is 0 Å². The van der Waals surface area contributed by atoms with Crippen LogP contribution < -0.4 is 4.90 Å². The van der Waals surface area contributed by atoms with E-state index in [4.69, 9.17) is 16.5 Å². The minimum absolute atomic E-state index is 0.502. The number of benzene rings is 1. The first-order valence-electron chi connectivity index (χ1n) is 9.48. The van der Waals surface area contributed by atoms with Gasteiger partial charge in [-0.2, -0.15) is 0 Å². The molecule has 1 fully saturated rings. The normalized spacial score (nSPS) is 15.1. The van der Waals surface area contributed by atoms with Gasteiger partial charge in [0.1, 0.15) is 11.6 Å². The minimum atomic E-state index is 0.502. The standard InChI is InChI=1S/C21H20Br3N5/c1-12-11-29(19-16(23)8-15(22)9-17(19)24)21-18(12)20(26-13(2)27-21)28-6-4-14(5-7-28)10-25-3/h8-9,11,14H,4-7,10H2,1-2H3. The van der Waals surface area contributed by atoms with E-state index in [1.54, 1.807) is 0 Å².